The second kappa shape index (κ2) is 12.0. The van der Waals surface area contributed by atoms with E-state index in [4.69, 9.17) is 25.7 Å². The summed E-state index contributed by atoms with van der Waals surface area (Å²) >= 11 is 0.742. The molecule has 1 aliphatic rings. The molecular weight excluding hydrogens is 522 g/mol. The van der Waals surface area contributed by atoms with Gasteiger partial charge in [0.25, 0.3) is 11.8 Å². The Bertz CT molecular complexity index is 1370. The van der Waals surface area contributed by atoms with Gasteiger partial charge < -0.3 is 31.0 Å². The van der Waals surface area contributed by atoms with Gasteiger partial charge in [-0.1, -0.05) is 25.0 Å². The molecule has 0 unspecified atom stereocenters. The number of benzene rings is 2. The number of nitrogen functional groups attached to an aromatic ring is 1. The standard InChI is InChI=1S/C27H31N5O6S/c1-36-18-10-6-9-17(14-18)32(27(35)24-21(28)22(25(29)33)31-39-24)23(26(34)30-16-7-4-5-8-16)15-11-12-19(37-2)20(13-15)38-3/h6,9-14,16,23H,4-5,7-8,28H2,1-3H3,(H2,29,33)(H,30,34)/t23-/m0/s1. The van der Waals surface area contributed by atoms with Crippen LogP contribution < -0.4 is 35.9 Å². The first-order valence-corrected chi connectivity index (χ1v) is 13.1. The maximum Gasteiger partial charge on any atom is 0.273 e. The number of anilines is 2. The number of primary amides is 1. The zero-order valence-corrected chi connectivity index (χ0v) is 22.7. The second-order valence-corrected chi connectivity index (χ2v) is 9.80. The zero-order chi connectivity index (χ0) is 28.1. The summed E-state index contributed by atoms with van der Waals surface area (Å²) in [7, 11) is 4.50. The predicted molar refractivity (Wildman–Crippen MR) is 148 cm³/mol. The molecule has 3 amide bonds. The van der Waals surface area contributed by atoms with Crippen molar-refractivity contribution < 1.29 is 28.6 Å². The van der Waals surface area contributed by atoms with Crippen LogP contribution in [0.2, 0.25) is 0 Å². The van der Waals surface area contributed by atoms with Crippen molar-refractivity contribution in [2.75, 3.05) is 32.0 Å². The fourth-order valence-corrected chi connectivity index (χ4v) is 5.42. The van der Waals surface area contributed by atoms with Crippen LogP contribution in [0.1, 0.15) is 57.4 Å². The number of aromatic nitrogens is 1. The van der Waals surface area contributed by atoms with Gasteiger partial charge in [-0.25, -0.2) is 0 Å². The number of hydrogen-bond acceptors (Lipinski definition) is 9. The fourth-order valence-electron chi connectivity index (χ4n) is 4.67. The summed E-state index contributed by atoms with van der Waals surface area (Å²) < 4.78 is 20.3. The highest BCUT2D eigenvalue weighted by atomic mass is 32.1. The molecule has 0 saturated heterocycles. The third kappa shape index (κ3) is 5.75. The van der Waals surface area contributed by atoms with Gasteiger partial charge in [-0.3, -0.25) is 19.3 Å². The van der Waals surface area contributed by atoms with E-state index in [-0.39, 0.29) is 28.2 Å². The zero-order valence-electron chi connectivity index (χ0n) is 21.9. The Kier molecular flexibility index (Phi) is 8.55. The number of amides is 3. The summed E-state index contributed by atoms with van der Waals surface area (Å²) in [4.78, 5) is 41.4. The van der Waals surface area contributed by atoms with E-state index in [0.717, 1.165) is 37.2 Å². The average Bonchev–Trinajstić information content (AvgIpc) is 3.60. The lowest BCUT2D eigenvalue weighted by molar-refractivity contribution is -0.123. The van der Waals surface area contributed by atoms with E-state index < -0.39 is 17.9 Å². The van der Waals surface area contributed by atoms with E-state index in [1.807, 2.05) is 0 Å². The maximum absolute atomic E-state index is 14.2. The molecule has 1 atom stereocenters. The van der Waals surface area contributed by atoms with Crippen LogP contribution in [-0.2, 0) is 4.79 Å². The highest BCUT2D eigenvalue weighted by Crippen LogP contribution is 2.38. The molecule has 0 bridgehead atoms. The molecule has 1 heterocycles. The molecule has 1 aliphatic carbocycles. The monoisotopic (exact) mass is 553 g/mol. The summed E-state index contributed by atoms with van der Waals surface area (Å²) in [6, 6.07) is 10.6. The van der Waals surface area contributed by atoms with Crippen molar-refractivity contribution in [1.29, 1.82) is 0 Å². The number of ether oxygens (including phenoxy) is 3. The number of nitrogens with zero attached hydrogens (tertiary/aromatic N) is 2. The van der Waals surface area contributed by atoms with Gasteiger partial charge in [0.2, 0.25) is 5.91 Å². The van der Waals surface area contributed by atoms with Crippen LogP contribution in [0.25, 0.3) is 0 Å². The van der Waals surface area contributed by atoms with Crippen LogP contribution in [-0.4, -0.2) is 49.5 Å². The van der Waals surface area contributed by atoms with Gasteiger partial charge in [0.1, 0.15) is 16.7 Å². The first-order chi connectivity index (χ1) is 18.8. The summed E-state index contributed by atoms with van der Waals surface area (Å²) in [6.45, 7) is 0. The van der Waals surface area contributed by atoms with Crippen LogP contribution >= 0.6 is 11.5 Å². The van der Waals surface area contributed by atoms with Gasteiger partial charge in [0, 0.05) is 17.8 Å². The van der Waals surface area contributed by atoms with E-state index >= 15 is 0 Å². The number of carbonyl (C=O) groups is 3. The summed E-state index contributed by atoms with van der Waals surface area (Å²) in [5, 5.41) is 3.11. The Balaban J connectivity index is 1.91. The lowest BCUT2D eigenvalue weighted by Gasteiger charge is -2.32. The maximum atomic E-state index is 14.2. The Hall–Kier alpha value is -4.32. The molecule has 1 fully saturated rings. The lowest BCUT2D eigenvalue weighted by atomic mass is 10.0. The van der Waals surface area contributed by atoms with Crippen LogP contribution in [0.15, 0.2) is 42.5 Å². The minimum atomic E-state index is -1.15. The van der Waals surface area contributed by atoms with Gasteiger partial charge in [0.15, 0.2) is 17.2 Å². The Morgan fingerprint density at radius 1 is 1.03 bits per heavy atom. The van der Waals surface area contributed by atoms with Crippen LogP contribution in [0, 0.1) is 0 Å². The number of nitrogens with one attached hydrogen (secondary N) is 1. The highest BCUT2D eigenvalue weighted by molar-refractivity contribution is 7.09. The largest absolute Gasteiger partial charge is 0.497 e. The molecule has 0 aliphatic heterocycles. The van der Waals surface area contributed by atoms with Crippen molar-refractivity contribution in [2.24, 2.45) is 5.73 Å². The van der Waals surface area contributed by atoms with Crippen molar-refractivity contribution in [3.63, 3.8) is 0 Å². The third-order valence-corrected chi connectivity index (χ3v) is 7.49. The van der Waals surface area contributed by atoms with E-state index in [1.54, 1.807) is 42.5 Å². The molecule has 5 N–H and O–H groups in total. The summed E-state index contributed by atoms with van der Waals surface area (Å²) in [6.07, 6.45) is 3.72. The molecule has 1 aromatic heterocycles. The van der Waals surface area contributed by atoms with Crippen molar-refractivity contribution in [3.05, 3.63) is 58.6 Å². The van der Waals surface area contributed by atoms with Crippen molar-refractivity contribution >= 4 is 40.6 Å². The predicted octanol–water partition coefficient (Wildman–Crippen LogP) is 3.30. The van der Waals surface area contributed by atoms with Crippen LogP contribution in [0.3, 0.4) is 0 Å². The van der Waals surface area contributed by atoms with Gasteiger partial charge in [-0.15, -0.1) is 0 Å². The Morgan fingerprint density at radius 3 is 2.36 bits per heavy atom. The third-order valence-electron chi connectivity index (χ3n) is 6.64. The van der Waals surface area contributed by atoms with Crippen molar-refractivity contribution in [1.82, 2.24) is 9.69 Å². The van der Waals surface area contributed by atoms with Gasteiger partial charge in [-0.2, -0.15) is 4.37 Å². The SMILES string of the molecule is COc1cccc(N(C(=O)c2snc(C(N)=O)c2N)[C@H](C(=O)NC2CCCC2)c2ccc(OC)c(OC)c2)c1. The second-order valence-electron chi connectivity index (χ2n) is 9.02. The summed E-state index contributed by atoms with van der Waals surface area (Å²) in [5.41, 5.74) is 12.0. The minimum absolute atomic E-state index is 0.0163. The first kappa shape index (κ1) is 27.7. The van der Waals surface area contributed by atoms with Gasteiger partial charge in [0.05, 0.1) is 27.0 Å². The number of nitrogens with two attached hydrogens (primary N) is 2. The van der Waals surface area contributed by atoms with E-state index in [1.165, 1.54) is 26.2 Å². The topological polar surface area (TPSA) is 159 Å². The lowest BCUT2D eigenvalue weighted by Crippen LogP contribution is -2.46. The van der Waals surface area contributed by atoms with Gasteiger partial charge in [-0.05, 0) is 54.2 Å². The quantitative estimate of drug-likeness (QED) is 0.345. The number of hydrogen-bond donors (Lipinski definition) is 3. The summed E-state index contributed by atoms with van der Waals surface area (Å²) in [5.74, 6) is -0.544. The van der Waals surface area contributed by atoms with Crippen LogP contribution in [0.5, 0.6) is 17.2 Å². The molecule has 0 radical (unpaired) electrons. The first-order valence-electron chi connectivity index (χ1n) is 12.3. The smallest absolute Gasteiger partial charge is 0.273 e. The van der Waals surface area contributed by atoms with E-state index in [0.29, 0.717) is 28.5 Å². The average molecular weight is 554 g/mol. The number of rotatable bonds is 10. The number of methoxy groups -OCH3 is 3. The van der Waals surface area contributed by atoms with Crippen molar-refractivity contribution in [3.8, 4) is 17.2 Å². The normalized spacial score (nSPS) is 13.9. The molecule has 0 spiro atoms. The minimum Gasteiger partial charge on any atom is -0.497 e. The molecular formula is C27H31N5O6S. The Labute approximate surface area is 230 Å². The molecule has 4 rings (SSSR count). The Morgan fingerprint density at radius 2 is 1.74 bits per heavy atom. The van der Waals surface area contributed by atoms with Crippen LogP contribution in [0.4, 0.5) is 11.4 Å². The van der Waals surface area contributed by atoms with E-state index in [9.17, 15) is 14.4 Å². The molecule has 206 valence electrons. The van der Waals surface area contributed by atoms with Crippen molar-refractivity contribution in [2.45, 2.75) is 37.8 Å². The highest BCUT2D eigenvalue weighted by Gasteiger charge is 2.37. The molecule has 12 heteroatoms. The molecule has 11 nitrogen and oxygen atoms in total. The molecule has 3 aromatic rings. The molecule has 39 heavy (non-hydrogen) atoms. The molecule has 2 aromatic carbocycles. The fraction of sp³-hybridized carbons (Fsp3) is 0.333. The van der Waals surface area contributed by atoms with E-state index in [2.05, 4.69) is 9.69 Å². The molecule has 1 saturated carbocycles. The number of carbonyl (C=O) groups excluding carboxylic acids is 3. The van der Waals surface area contributed by atoms with Gasteiger partial charge >= 0.3 is 0 Å².